The molecule has 0 N–H and O–H groups in total. The second-order valence-electron chi connectivity index (χ2n) is 6.78. The molecule has 3 rings (SSSR count). The number of benzene rings is 1. The van der Waals surface area contributed by atoms with E-state index in [0.717, 1.165) is 56.6 Å². The summed E-state index contributed by atoms with van der Waals surface area (Å²) in [6, 6.07) is 3.57. The maximum Gasteiger partial charge on any atom is 0.320 e. The van der Waals surface area contributed by atoms with Gasteiger partial charge in [0.2, 0.25) is 0 Å². The Morgan fingerprint density at radius 1 is 1.20 bits per heavy atom. The Bertz CT molecular complexity index is 763. The number of hydrogen-bond acceptors (Lipinski definition) is 5. The zero-order chi connectivity index (χ0) is 18.0. The van der Waals surface area contributed by atoms with Crippen molar-refractivity contribution in [2.75, 3.05) is 46.9 Å². The van der Waals surface area contributed by atoms with Gasteiger partial charge in [0.25, 0.3) is 0 Å². The predicted octanol–water partition coefficient (Wildman–Crippen LogP) is 2.28. The molecule has 25 heavy (non-hydrogen) atoms. The van der Waals surface area contributed by atoms with E-state index in [1.807, 2.05) is 23.9 Å². The average molecular weight is 346 g/mol. The van der Waals surface area contributed by atoms with Crippen molar-refractivity contribution in [3.05, 3.63) is 34.0 Å². The highest BCUT2D eigenvalue weighted by Gasteiger charge is 2.24. The van der Waals surface area contributed by atoms with E-state index in [1.165, 1.54) is 7.11 Å². The quantitative estimate of drug-likeness (QED) is 0.593. The molecule has 0 atom stereocenters. The molecule has 136 valence electrons. The number of piperazine rings is 1. The summed E-state index contributed by atoms with van der Waals surface area (Å²) in [5.74, 6) is 0.323. The summed E-state index contributed by atoms with van der Waals surface area (Å²) in [4.78, 5) is 16.1. The first-order valence-corrected chi connectivity index (χ1v) is 8.71. The van der Waals surface area contributed by atoms with Gasteiger partial charge in [-0.15, -0.1) is 0 Å². The van der Waals surface area contributed by atoms with E-state index in [4.69, 9.17) is 4.74 Å². The smallest absolute Gasteiger partial charge is 0.320 e. The van der Waals surface area contributed by atoms with Crippen LogP contribution in [0.2, 0.25) is 0 Å². The van der Waals surface area contributed by atoms with Crippen molar-refractivity contribution in [3.8, 4) is 5.75 Å². The van der Waals surface area contributed by atoms with E-state index in [1.54, 1.807) is 6.07 Å². The lowest BCUT2D eigenvalue weighted by Gasteiger charge is -2.32. The van der Waals surface area contributed by atoms with Gasteiger partial charge in [-0.1, -0.05) is 0 Å². The minimum atomic E-state index is -0.328. The van der Waals surface area contributed by atoms with E-state index in [-0.39, 0.29) is 10.6 Å². The number of nitro groups is 1. The van der Waals surface area contributed by atoms with Crippen molar-refractivity contribution >= 4 is 16.6 Å². The Hall–Kier alpha value is -2.12. The molecular formula is C18H26N4O3. The molecule has 2 aromatic rings. The number of methoxy groups -OCH3 is 1. The Labute approximate surface area is 147 Å². The molecule has 1 saturated heterocycles. The van der Waals surface area contributed by atoms with Crippen molar-refractivity contribution in [1.82, 2.24) is 14.4 Å². The van der Waals surface area contributed by atoms with Gasteiger partial charge in [-0.25, -0.2) is 0 Å². The van der Waals surface area contributed by atoms with Gasteiger partial charge < -0.3 is 19.1 Å². The Morgan fingerprint density at radius 3 is 2.56 bits per heavy atom. The van der Waals surface area contributed by atoms with Gasteiger partial charge in [-0.2, -0.15) is 0 Å². The zero-order valence-electron chi connectivity index (χ0n) is 15.2. The van der Waals surface area contributed by atoms with Gasteiger partial charge in [-0.05, 0) is 44.1 Å². The molecule has 0 amide bonds. The molecule has 0 spiro atoms. The van der Waals surface area contributed by atoms with Crippen molar-refractivity contribution < 1.29 is 9.66 Å². The second kappa shape index (κ2) is 7.41. The van der Waals surface area contributed by atoms with Crippen LogP contribution in [0.25, 0.3) is 10.9 Å². The first kappa shape index (κ1) is 17.7. The minimum absolute atomic E-state index is 0.0789. The molecular weight excluding hydrogens is 320 g/mol. The van der Waals surface area contributed by atoms with Gasteiger partial charge in [-0.3, -0.25) is 10.1 Å². The summed E-state index contributed by atoms with van der Waals surface area (Å²) in [5, 5.41) is 12.3. The molecule has 1 aromatic heterocycles. The number of rotatable bonds is 6. The van der Waals surface area contributed by atoms with Gasteiger partial charge in [0.05, 0.1) is 22.9 Å². The van der Waals surface area contributed by atoms with Crippen molar-refractivity contribution in [2.45, 2.75) is 12.8 Å². The monoisotopic (exact) mass is 346 g/mol. The standard InChI is InChI=1S/C18H26N4O3/c1-19-9-11-21(12-10-19)8-4-5-14-13-20(2)15-6-7-16(25-3)18(17(14)15)22(23)24/h6-7,13H,4-5,8-12H2,1-3H3. The average Bonchev–Trinajstić information content (AvgIpc) is 2.91. The predicted molar refractivity (Wildman–Crippen MR) is 98.4 cm³/mol. The highest BCUT2D eigenvalue weighted by Crippen LogP contribution is 2.38. The second-order valence-corrected chi connectivity index (χ2v) is 6.78. The van der Waals surface area contributed by atoms with Crippen molar-refractivity contribution in [3.63, 3.8) is 0 Å². The molecule has 1 aliphatic heterocycles. The molecule has 0 bridgehead atoms. The Kier molecular flexibility index (Phi) is 5.24. The Balaban J connectivity index is 1.80. The highest BCUT2D eigenvalue weighted by molar-refractivity contribution is 5.95. The van der Waals surface area contributed by atoms with Crippen LogP contribution in [0.5, 0.6) is 5.75 Å². The van der Waals surface area contributed by atoms with Crippen LogP contribution in [0.3, 0.4) is 0 Å². The third kappa shape index (κ3) is 3.62. The molecule has 7 nitrogen and oxygen atoms in total. The minimum Gasteiger partial charge on any atom is -0.490 e. The van der Waals surface area contributed by atoms with Crippen molar-refractivity contribution in [1.29, 1.82) is 0 Å². The number of nitrogens with zero attached hydrogens (tertiary/aromatic N) is 4. The van der Waals surface area contributed by atoms with Crippen LogP contribution < -0.4 is 4.74 Å². The molecule has 0 saturated carbocycles. The lowest BCUT2D eigenvalue weighted by Crippen LogP contribution is -2.44. The number of ether oxygens (including phenoxy) is 1. The fourth-order valence-corrected chi connectivity index (χ4v) is 3.64. The third-order valence-electron chi connectivity index (χ3n) is 5.09. The number of nitro benzene ring substituents is 1. The topological polar surface area (TPSA) is 63.8 Å². The lowest BCUT2D eigenvalue weighted by atomic mass is 10.1. The largest absolute Gasteiger partial charge is 0.490 e. The molecule has 0 radical (unpaired) electrons. The molecule has 0 unspecified atom stereocenters. The first-order chi connectivity index (χ1) is 12.0. The molecule has 1 aromatic carbocycles. The van der Waals surface area contributed by atoms with E-state index in [2.05, 4.69) is 16.8 Å². The zero-order valence-corrected chi connectivity index (χ0v) is 15.2. The number of aromatic nitrogens is 1. The van der Waals surface area contributed by atoms with Crippen LogP contribution in [0.15, 0.2) is 18.3 Å². The van der Waals surface area contributed by atoms with Gasteiger partial charge in [0, 0.05) is 39.4 Å². The van der Waals surface area contributed by atoms with Crippen molar-refractivity contribution in [2.24, 2.45) is 7.05 Å². The number of fused-ring (bicyclic) bond motifs is 1. The number of hydrogen-bond donors (Lipinski definition) is 0. The van der Waals surface area contributed by atoms with Crippen LogP contribution in [0.4, 0.5) is 5.69 Å². The van der Waals surface area contributed by atoms with E-state index >= 15 is 0 Å². The lowest BCUT2D eigenvalue weighted by molar-refractivity contribution is -0.384. The van der Waals surface area contributed by atoms with E-state index < -0.39 is 0 Å². The maximum absolute atomic E-state index is 11.6. The summed E-state index contributed by atoms with van der Waals surface area (Å²) in [7, 11) is 5.56. The van der Waals surface area contributed by atoms with Crippen LogP contribution in [0.1, 0.15) is 12.0 Å². The summed E-state index contributed by atoms with van der Waals surface area (Å²) in [6.07, 6.45) is 3.84. The van der Waals surface area contributed by atoms with E-state index in [9.17, 15) is 10.1 Å². The SMILES string of the molecule is COc1ccc2c(c(CCCN3CCN(C)CC3)cn2C)c1[N+](=O)[O-]. The van der Waals surface area contributed by atoms with Gasteiger partial charge >= 0.3 is 5.69 Å². The van der Waals surface area contributed by atoms with Gasteiger partial charge in [0.15, 0.2) is 5.75 Å². The third-order valence-corrected chi connectivity index (χ3v) is 5.09. The normalized spacial score (nSPS) is 16.4. The molecule has 1 aliphatic rings. The van der Waals surface area contributed by atoms with Crippen LogP contribution in [0, 0.1) is 10.1 Å². The summed E-state index contributed by atoms with van der Waals surface area (Å²) < 4.78 is 7.19. The summed E-state index contributed by atoms with van der Waals surface area (Å²) in [6.45, 7) is 5.44. The first-order valence-electron chi connectivity index (χ1n) is 8.71. The van der Waals surface area contributed by atoms with Crippen LogP contribution >= 0.6 is 0 Å². The molecule has 0 aliphatic carbocycles. The number of likely N-dealkylation sites (N-methyl/N-ethyl adjacent to an activating group) is 1. The van der Waals surface area contributed by atoms with Crippen LogP contribution in [-0.2, 0) is 13.5 Å². The fraction of sp³-hybridized carbons (Fsp3) is 0.556. The molecule has 2 heterocycles. The number of aryl methyl sites for hydroxylation is 2. The van der Waals surface area contributed by atoms with E-state index in [0.29, 0.717) is 11.1 Å². The molecule has 1 fully saturated rings. The summed E-state index contributed by atoms with van der Waals surface area (Å²) in [5.41, 5.74) is 1.98. The highest BCUT2D eigenvalue weighted by atomic mass is 16.6. The molecule has 7 heteroatoms. The Morgan fingerprint density at radius 2 is 1.92 bits per heavy atom. The van der Waals surface area contributed by atoms with Gasteiger partial charge in [0.1, 0.15) is 0 Å². The van der Waals surface area contributed by atoms with Crippen LogP contribution in [-0.4, -0.2) is 66.2 Å². The maximum atomic E-state index is 11.6. The fourth-order valence-electron chi connectivity index (χ4n) is 3.64. The summed E-state index contributed by atoms with van der Waals surface area (Å²) >= 11 is 0.